The van der Waals surface area contributed by atoms with Crippen molar-refractivity contribution in [2.45, 2.75) is 87.5 Å². The summed E-state index contributed by atoms with van der Waals surface area (Å²) in [6.07, 6.45) is -20.0. The Morgan fingerprint density at radius 2 is 0.457 bits per heavy atom. The average molecular weight is 1250 g/mol. The van der Waals surface area contributed by atoms with E-state index in [9.17, 15) is 38.4 Å². The molecule has 2 aliphatic rings. The molecule has 2 aliphatic heterocycles. The van der Waals surface area contributed by atoms with Gasteiger partial charge in [0.05, 0.1) is 56.7 Å². The van der Waals surface area contributed by atoms with Gasteiger partial charge in [0, 0.05) is 0 Å². The fraction of sp³-hybridized carbons (Fsp3) is 0.222. The predicted molar refractivity (Wildman–Crippen MR) is 326 cm³/mol. The molecular formula is C72H62O20. The van der Waals surface area contributed by atoms with Crippen LogP contribution in [0.5, 0.6) is 0 Å². The normalized spacial score (nSPS) is 21.5. The van der Waals surface area contributed by atoms with Gasteiger partial charge in [-0.25, -0.2) is 38.4 Å². The lowest BCUT2D eigenvalue weighted by Crippen LogP contribution is -2.64. The van der Waals surface area contributed by atoms with Crippen LogP contribution in [-0.2, 0) is 56.8 Å². The number of ether oxygens (including phenoxy) is 12. The van der Waals surface area contributed by atoms with E-state index in [1.54, 1.807) is 146 Å². The number of carbonyl (C=O) groups excluding carboxylic acids is 8. The molecule has 0 bridgehead atoms. The van der Waals surface area contributed by atoms with Crippen molar-refractivity contribution in [3.63, 3.8) is 0 Å². The number of hydrogen-bond acceptors (Lipinski definition) is 20. The Morgan fingerprint density at radius 3 is 0.674 bits per heavy atom. The Bertz CT molecular complexity index is 3510. The van der Waals surface area contributed by atoms with E-state index < -0.39 is 135 Å². The highest BCUT2D eigenvalue weighted by atomic mass is 16.8. The maximum absolute atomic E-state index is 14.4. The molecule has 2 heterocycles. The number of carbonyl (C=O) groups is 8. The van der Waals surface area contributed by atoms with Gasteiger partial charge in [-0.15, -0.1) is 0 Å². The summed E-state index contributed by atoms with van der Waals surface area (Å²) in [5, 5.41) is 0. The zero-order valence-corrected chi connectivity index (χ0v) is 49.6. The van der Waals surface area contributed by atoms with E-state index in [0.717, 1.165) is 0 Å². The zero-order chi connectivity index (χ0) is 64.3. The third-order valence-electron chi connectivity index (χ3n) is 14.8. The van der Waals surface area contributed by atoms with Crippen LogP contribution < -0.4 is 0 Å². The van der Waals surface area contributed by atoms with E-state index in [1.807, 2.05) is 0 Å². The van der Waals surface area contributed by atoms with Gasteiger partial charge >= 0.3 is 47.8 Å². The fourth-order valence-electron chi connectivity index (χ4n) is 9.92. The van der Waals surface area contributed by atoms with Crippen molar-refractivity contribution < 1.29 is 95.2 Å². The van der Waals surface area contributed by atoms with E-state index >= 15 is 0 Å². The predicted octanol–water partition coefficient (Wildman–Crippen LogP) is 10.3. The Kier molecular flexibility index (Phi) is 21.8. The Balaban J connectivity index is 1.04. The molecule has 0 aromatic heterocycles. The van der Waals surface area contributed by atoms with E-state index in [-0.39, 0.29) is 44.5 Å². The van der Waals surface area contributed by atoms with Crippen LogP contribution in [0.1, 0.15) is 96.7 Å². The molecule has 8 aromatic carbocycles. The molecule has 20 nitrogen and oxygen atoms in total. The van der Waals surface area contributed by atoms with Crippen molar-refractivity contribution in [2.24, 2.45) is 0 Å². The van der Waals surface area contributed by atoms with Crippen molar-refractivity contribution in [3.05, 3.63) is 287 Å². The van der Waals surface area contributed by atoms with Crippen LogP contribution in [0.2, 0.25) is 0 Å². The van der Waals surface area contributed by atoms with Gasteiger partial charge in [0.2, 0.25) is 0 Å². The first kappa shape index (κ1) is 64.3. The van der Waals surface area contributed by atoms with Gasteiger partial charge in [-0.05, 0) is 111 Å². The van der Waals surface area contributed by atoms with E-state index in [2.05, 4.69) is 0 Å². The van der Waals surface area contributed by atoms with Crippen LogP contribution >= 0.6 is 0 Å². The molecule has 0 aliphatic carbocycles. The summed E-state index contributed by atoms with van der Waals surface area (Å²) < 4.78 is 76.0. The van der Waals surface area contributed by atoms with Crippen LogP contribution in [0, 0.1) is 0 Å². The van der Waals surface area contributed by atoms with Crippen LogP contribution in [0.4, 0.5) is 0 Å². The number of hydrogen-bond donors (Lipinski definition) is 0. The summed E-state index contributed by atoms with van der Waals surface area (Å²) >= 11 is 0. The zero-order valence-electron chi connectivity index (χ0n) is 49.6. The topological polar surface area (TPSA) is 247 Å². The minimum Gasteiger partial charge on any atom is -0.459 e. The minimum atomic E-state index is -1.82. The lowest BCUT2D eigenvalue weighted by atomic mass is 9.97. The van der Waals surface area contributed by atoms with Crippen molar-refractivity contribution in [2.75, 3.05) is 13.2 Å². The molecule has 0 unspecified atom stereocenters. The minimum absolute atomic E-state index is 0.0469. The second-order valence-electron chi connectivity index (χ2n) is 21.1. The fourth-order valence-corrected chi connectivity index (χ4v) is 9.92. The van der Waals surface area contributed by atoms with Gasteiger partial charge in [-0.2, -0.15) is 0 Å². The van der Waals surface area contributed by atoms with Gasteiger partial charge in [0.25, 0.3) is 0 Å². The molecule has 0 saturated carbocycles. The SMILES string of the molecule is C[C@H](O[C@H]1O[C@H](COC(=O)c2ccccc2)[C@@H](OC(=O)c2ccccc2)[C@H](OC(=O)c2ccccc2)[C@@H]1OC(=O)c1ccccc1)[C@H](C)O[C@H]1O[C@H](COC(=O)c2ccccc2)[C@@H](OC(=O)c2ccccc2)[C@H](OC(=O)c2ccccc2)[C@@H]1OC(=O)c1ccccc1. The summed E-state index contributed by atoms with van der Waals surface area (Å²) in [5.41, 5.74) is 0.647. The molecule has 0 radical (unpaired) electrons. The second kappa shape index (κ2) is 31.2. The van der Waals surface area contributed by atoms with E-state index in [0.29, 0.717) is 0 Å². The largest absolute Gasteiger partial charge is 0.459 e. The summed E-state index contributed by atoms with van der Waals surface area (Å²) in [6.45, 7) is 1.70. The van der Waals surface area contributed by atoms with Gasteiger partial charge in [0.15, 0.2) is 49.2 Å². The second-order valence-corrected chi connectivity index (χ2v) is 21.1. The van der Waals surface area contributed by atoms with E-state index in [1.165, 1.54) is 111 Å². The van der Waals surface area contributed by atoms with Crippen LogP contribution in [0.25, 0.3) is 0 Å². The molecule has 12 atom stereocenters. The number of benzene rings is 8. The molecule has 0 spiro atoms. The van der Waals surface area contributed by atoms with Crippen molar-refractivity contribution in [1.29, 1.82) is 0 Å². The van der Waals surface area contributed by atoms with Gasteiger partial charge < -0.3 is 56.8 Å². The number of rotatable bonds is 23. The molecule has 10 rings (SSSR count). The van der Waals surface area contributed by atoms with Gasteiger partial charge in [-0.3, -0.25) is 0 Å². The van der Waals surface area contributed by atoms with Crippen molar-refractivity contribution in [1.82, 2.24) is 0 Å². The molecule has 470 valence electrons. The maximum Gasteiger partial charge on any atom is 0.338 e. The van der Waals surface area contributed by atoms with Crippen LogP contribution in [-0.4, -0.2) is 135 Å². The quantitative estimate of drug-likeness (QED) is 0.0426. The summed E-state index contributed by atoms with van der Waals surface area (Å²) in [6, 6.07) is 63.0. The summed E-state index contributed by atoms with van der Waals surface area (Å²) in [7, 11) is 0. The average Bonchev–Trinajstić information content (AvgIpc) is 0.872. The highest BCUT2D eigenvalue weighted by Gasteiger charge is 2.56. The van der Waals surface area contributed by atoms with Gasteiger partial charge in [0.1, 0.15) is 25.4 Å². The molecule has 0 amide bonds. The molecule has 92 heavy (non-hydrogen) atoms. The van der Waals surface area contributed by atoms with Crippen LogP contribution in [0.3, 0.4) is 0 Å². The lowest BCUT2D eigenvalue weighted by Gasteiger charge is -2.46. The lowest BCUT2D eigenvalue weighted by molar-refractivity contribution is -0.334. The Morgan fingerprint density at radius 1 is 0.272 bits per heavy atom. The Hall–Kier alpha value is -10.6. The maximum atomic E-state index is 14.4. The van der Waals surface area contributed by atoms with Crippen LogP contribution in [0.15, 0.2) is 243 Å². The first-order valence-electron chi connectivity index (χ1n) is 29.4. The van der Waals surface area contributed by atoms with E-state index in [4.69, 9.17) is 56.8 Å². The first-order chi connectivity index (χ1) is 44.8. The molecule has 0 N–H and O–H groups in total. The third-order valence-corrected chi connectivity index (χ3v) is 14.8. The molecular weight excluding hydrogens is 1180 g/mol. The standard InChI is InChI=1S/C72H62O20/c1-45(83-71-61(91-69(79)53-39-23-9-24-40-53)59(89-67(77)51-35-19-7-20-36-51)57(87-65(75)49-31-15-5-16-32-49)55(85-71)43-81-63(73)47-27-11-3-12-28-47)46(2)84-72-62(92-70(80)54-41-25-10-26-42-54)60(90-68(78)52-37-21-8-22-38-52)58(88-66(76)50-33-17-6-18-34-50)56(86-72)44-82-64(74)48-29-13-4-14-30-48/h3-42,45-46,55-62,71-72H,43-44H2,1-2H3/t45-,46-,55+,56+,57+,58+,59-,60-,61-,62-,71-,72-/m0/s1. The molecule has 8 aromatic rings. The van der Waals surface area contributed by atoms with Crippen molar-refractivity contribution >= 4 is 47.8 Å². The first-order valence-corrected chi connectivity index (χ1v) is 29.4. The summed E-state index contributed by atoms with van der Waals surface area (Å²) in [4.78, 5) is 114. The van der Waals surface area contributed by atoms with Gasteiger partial charge in [-0.1, -0.05) is 146 Å². The molecule has 20 heteroatoms. The van der Waals surface area contributed by atoms with Crippen molar-refractivity contribution in [3.8, 4) is 0 Å². The Labute approximate surface area is 528 Å². The molecule has 2 saturated heterocycles. The smallest absolute Gasteiger partial charge is 0.338 e. The number of esters is 8. The highest BCUT2D eigenvalue weighted by molar-refractivity contribution is 5.93. The monoisotopic (exact) mass is 1250 g/mol. The molecule has 2 fully saturated rings. The third kappa shape index (κ3) is 16.6. The highest BCUT2D eigenvalue weighted by Crippen LogP contribution is 2.36. The summed E-state index contributed by atoms with van der Waals surface area (Å²) in [5.74, 6) is -7.27.